The van der Waals surface area contributed by atoms with Crippen LogP contribution in [0.5, 0.6) is 0 Å². The number of ether oxygens (including phenoxy) is 2. The third kappa shape index (κ3) is 4.53. The molecule has 0 aliphatic rings. The molecule has 0 unspecified atom stereocenters. The van der Waals surface area contributed by atoms with Crippen LogP contribution in [-0.2, 0) is 9.47 Å². The van der Waals surface area contributed by atoms with E-state index in [-0.39, 0.29) is 6.29 Å². The average Bonchev–Trinajstić information content (AvgIpc) is 2.38. The van der Waals surface area contributed by atoms with Crippen LogP contribution in [0.1, 0.15) is 19.4 Å². The summed E-state index contributed by atoms with van der Waals surface area (Å²) in [7, 11) is 0. The zero-order valence-electron chi connectivity index (χ0n) is 10.6. The van der Waals surface area contributed by atoms with Gasteiger partial charge in [0.05, 0.1) is 28.9 Å². The highest BCUT2D eigenvalue weighted by atomic mass is 35.5. The van der Waals surface area contributed by atoms with E-state index in [4.69, 9.17) is 26.3 Å². The van der Waals surface area contributed by atoms with Crippen molar-refractivity contribution in [1.82, 2.24) is 0 Å². The Morgan fingerprint density at radius 1 is 1.33 bits per heavy atom. The SMILES string of the molecule is CCOC(CNc1cc(C#N)ccc1Cl)OCC. The quantitative estimate of drug-likeness (QED) is 0.773. The molecule has 0 radical (unpaired) electrons. The van der Waals surface area contributed by atoms with Crippen LogP contribution in [0.4, 0.5) is 5.69 Å². The number of halogens is 1. The van der Waals surface area contributed by atoms with Crippen molar-refractivity contribution in [3.63, 3.8) is 0 Å². The number of rotatable bonds is 7. The van der Waals surface area contributed by atoms with Gasteiger partial charge in [0.2, 0.25) is 0 Å². The topological polar surface area (TPSA) is 54.3 Å². The van der Waals surface area contributed by atoms with Gasteiger partial charge in [-0.15, -0.1) is 0 Å². The Morgan fingerprint density at radius 2 is 2.00 bits per heavy atom. The van der Waals surface area contributed by atoms with Gasteiger partial charge < -0.3 is 14.8 Å². The molecule has 0 heterocycles. The normalized spacial score (nSPS) is 10.4. The van der Waals surface area contributed by atoms with Gasteiger partial charge in [-0.25, -0.2) is 0 Å². The predicted octanol–water partition coefficient (Wildman–Crippen LogP) is 3.02. The van der Waals surface area contributed by atoms with Crippen molar-refractivity contribution in [2.24, 2.45) is 0 Å². The second-order valence-electron chi connectivity index (χ2n) is 3.53. The first-order chi connectivity index (χ1) is 8.71. The molecule has 0 amide bonds. The lowest BCUT2D eigenvalue weighted by Crippen LogP contribution is -2.26. The Kier molecular flexibility index (Phi) is 6.51. The average molecular weight is 269 g/mol. The van der Waals surface area contributed by atoms with E-state index in [9.17, 15) is 0 Å². The molecule has 0 bridgehead atoms. The number of benzene rings is 1. The van der Waals surface area contributed by atoms with Crippen LogP contribution in [0.25, 0.3) is 0 Å². The van der Waals surface area contributed by atoms with E-state index >= 15 is 0 Å². The zero-order valence-corrected chi connectivity index (χ0v) is 11.3. The van der Waals surface area contributed by atoms with Gasteiger partial charge in [0.1, 0.15) is 0 Å². The summed E-state index contributed by atoms with van der Waals surface area (Å²) in [4.78, 5) is 0. The van der Waals surface area contributed by atoms with Gasteiger partial charge in [0.25, 0.3) is 0 Å². The van der Waals surface area contributed by atoms with Gasteiger partial charge in [-0.3, -0.25) is 0 Å². The molecule has 1 aromatic rings. The van der Waals surface area contributed by atoms with Gasteiger partial charge in [0.15, 0.2) is 6.29 Å². The molecule has 1 N–H and O–H groups in total. The summed E-state index contributed by atoms with van der Waals surface area (Å²) >= 11 is 6.04. The second-order valence-corrected chi connectivity index (χ2v) is 3.93. The van der Waals surface area contributed by atoms with Crippen LogP contribution in [0.15, 0.2) is 18.2 Å². The van der Waals surface area contributed by atoms with Crippen molar-refractivity contribution < 1.29 is 9.47 Å². The van der Waals surface area contributed by atoms with E-state index in [0.717, 1.165) is 0 Å². The van der Waals surface area contributed by atoms with Crippen LogP contribution in [-0.4, -0.2) is 26.0 Å². The summed E-state index contributed by atoms with van der Waals surface area (Å²) in [6, 6.07) is 7.15. The fourth-order valence-electron chi connectivity index (χ4n) is 1.46. The fourth-order valence-corrected chi connectivity index (χ4v) is 1.65. The summed E-state index contributed by atoms with van der Waals surface area (Å²) in [6.07, 6.45) is -0.318. The summed E-state index contributed by atoms with van der Waals surface area (Å²) in [5.41, 5.74) is 1.27. The minimum atomic E-state index is -0.318. The van der Waals surface area contributed by atoms with E-state index in [2.05, 4.69) is 11.4 Å². The molecular weight excluding hydrogens is 252 g/mol. The lowest BCUT2D eigenvalue weighted by molar-refractivity contribution is -0.126. The first-order valence-electron chi connectivity index (χ1n) is 5.88. The Hall–Kier alpha value is -1.28. The van der Waals surface area contributed by atoms with Crippen LogP contribution in [0, 0.1) is 11.3 Å². The Bertz CT molecular complexity index is 412. The van der Waals surface area contributed by atoms with E-state index < -0.39 is 0 Å². The van der Waals surface area contributed by atoms with E-state index in [1.807, 2.05) is 13.8 Å². The van der Waals surface area contributed by atoms with Crippen molar-refractivity contribution in [1.29, 1.82) is 5.26 Å². The number of anilines is 1. The molecule has 0 saturated carbocycles. The van der Waals surface area contributed by atoms with Gasteiger partial charge >= 0.3 is 0 Å². The standard InChI is InChI=1S/C13H17ClN2O2/c1-3-17-13(18-4-2)9-16-12-7-10(8-15)5-6-11(12)14/h5-7,13,16H,3-4,9H2,1-2H3. The van der Waals surface area contributed by atoms with Crippen molar-refractivity contribution in [2.75, 3.05) is 25.1 Å². The number of nitrogens with one attached hydrogen (secondary N) is 1. The molecule has 0 aromatic heterocycles. The Balaban J connectivity index is 2.63. The Labute approximate surface area is 112 Å². The molecule has 5 heteroatoms. The van der Waals surface area contributed by atoms with Crippen molar-refractivity contribution in [3.05, 3.63) is 28.8 Å². The maximum atomic E-state index is 8.83. The van der Waals surface area contributed by atoms with Crippen molar-refractivity contribution in [2.45, 2.75) is 20.1 Å². The zero-order chi connectivity index (χ0) is 13.4. The highest BCUT2D eigenvalue weighted by Gasteiger charge is 2.09. The molecule has 0 saturated heterocycles. The second kappa shape index (κ2) is 7.93. The van der Waals surface area contributed by atoms with Crippen LogP contribution >= 0.6 is 11.6 Å². The van der Waals surface area contributed by atoms with Crippen LogP contribution in [0.3, 0.4) is 0 Å². The highest BCUT2D eigenvalue weighted by Crippen LogP contribution is 2.22. The molecule has 4 nitrogen and oxygen atoms in total. The first-order valence-corrected chi connectivity index (χ1v) is 6.25. The van der Waals surface area contributed by atoms with E-state index in [0.29, 0.717) is 36.0 Å². The van der Waals surface area contributed by atoms with E-state index in [1.54, 1.807) is 18.2 Å². The summed E-state index contributed by atoms with van der Waals surface area (Å²) in [5.74, 6) is 0. The maximum Gasteiger partial charge on any atom is 0.174 e. The minimum Gasteiger partial charge on any atom is -0.379 e. The van der Waals surface area contributed by atoms with Gasteiger partial charge in [-0.05, 0) is 32.0 Å². The van der Waals surface area contributed by atoms with Crippen molar-refractivity contribution in [3.8, 4) is 6.07 Å². The molecule has 98 valence electrons. The smallest absolute Gasteiger partial charge is 0.174 e. The summed E-state index contributed by atoms with van der Waals surface area (Å²) < 4.78 is 10.8. The first kappa shape index (κ1) is 14.8. The van der Waals surface area contributed by atoms with Crippen molar-refractivity contribution >= 4 is 17.3 Å². The number of hydrogen-bond acceptors (Lipinski definition) is 4. The van der Waals surface area contributed by atoms with E-state index in [1.165, 1.54) is 0 Å². The molecule has 0 aliphatic carbocycles. The maximum absolute atomic E-state index is 8.83. The monoisotopic (exact) mass is 268 g/mol. The Morgan fingerprint density at radius 3 is 2.56 bits per heavy atom. The number of nitrogens with zero attached hydrogens (tertiary/aromatic N) is 1. The molecule has 0 atom stereocenters. The lowest BCUT2D eigenvalue weighted by atomic mass is 10.2. The summed E-state index contributed by atoms with van der Waals surface area (Å²) in [6.45, 7) is 5.47. The molecule has 0 fully saturated rings. The van der Waals surface area contributed by atoms with Gasteiger partial charge in [-0.1, -0.05) is 11.6 Å². The van der Waals surface area contributed by atoms with Gasteiger partial charge in [0, 0.05) is 13.2 Å². The third-order valence-corrected chi connectivity index (χ3v) is 2.59. The third-order valence-electron chi connectivity index (χ3n) is 2.26. The number of hydrogen-bond donors (Lipinski definition) is 1. The fraction of sp³-hybridized carbons (Fsp3) is 0.462. The van der Waals surface area contributed by atoms with Crippen LogP contribution < -0.4 is 5.32 Å². The molecule has 18 heavy (non-hydrogen) atoms. The summed E-state index contributed by atoms with van der Waals surface area (Å²) in [5, 5.41) is 12.5. The van der Waals surface area contributed by atoms with Crippen LogP contribution in [0.2, 0.25) is 5.02 Å². The molecule has 0 spiro atoms. The molecule has 0 aliphatic heterocycles. The largest absolute Gasteiger partial charge is 0.379 e. The minimum absolute atomic E-state index is 0.318. The lowest BCUT2D eigenvalue weighted by Gasteiger charge is -2.18. The molecular formula is C13H17ClN2O2. The highest BCUT2D eigenvalue weighted by molar-refractivity contribution is 6.33. The predicted molar refractivity (Wildman–Crippen MR) is 71.7 cm³/mol. The van der Waals surface area contributed by atoms with Gasteiger partial charge in [-0.2, -0.15) is 5.26 Å². The number of nitriles is 1. The molecule has 1 aromatic carbocycles. The molecule has 1 rings (SSSR count).